The summed E-state index contributed by atoms with van der Waals surface area (Å²) in [5.74, 6) is 0.106. The number of esters is 1. The maximum absolute atomic E-state index is 12.0. The second-order valence-corrected chi connectivity index (χ2v) is 5.94. The van der Waals surface area contributed by atoms with Crippen LogP contribution < -0.4 is 0 Å². The molecule has 1 aliphatic heterocycles. The molecule has 1 aliphatic rings. The van der Waals surface area contributed by atoms with Crippen molar-refractivity contribution in [3.05, 3.63) is 72.0 Å². The molecular weight excluding hydrogens is 320 g/mol. The molecule has 1 fully saturated rings. The summed E-state index contributed by atoms with van der Waals surface area (Å²) in [7, 11) is 0. The fourth-order valence-corrected chi connectivity index (χ4v) is 2.53. The lowest BCUT2D eigenvalue weighted by Gasteiger charge is -2.32. The Bertz CT molecular complexity index is 682. The minimum atomic E-state index is -0.618. The SMILES string of the molecule is CC(C)OC(=O)/C=C1\C[C@@H](c2ccncc2)O[C@@H](c2ccncc2)O1. The Balaban J connectivity index is 1.86. The third-order valence-electron chi connectivity index (χ3n) is 3.62. The molecule has 0 radical (unpaired) electrons. The van der Waals surface area contributed by atoms with Crippen LogP contribution in [0, 0.1) is 0 Å². The van der Waals surface area contributed by atoms with Gasteiger partial charge in [0.2, 0.25) is 6.29 Å². The number of aromatic nitrogens is 2. The van der Waals surface area contributed by atoms with Gasteiger partial charge in [-0.1, -0.05) is 0 Å². The van der Waals surface area contributed by atoms with Crippen molar-refractivity contribution in [2.45, 2.75) is 38.8 Å². The van der Waals surface area contributed by atoms with E-state index in [4.69, 9.17) is 14.2 Å². The molecule has 0 unspecified atom stereocenters. The standard InChI is InChI=1S/C19H20N2O4/c1-13(2)23-18(22)12-16-11-17(14-3-7-20-8-4-14)25-19(24-16)15-5-9-21-10-6-15/h3-10,12-13,17,19H,11H2,1-2H3/b16-12+/t17-,19-/m0/s1. The van der Waals surface area contributed by atoms with E-state index < -0.39 is 12.3 Å². The number of carbonyl (C=O) groups excluding carboxylic acids is 1. The predicted octanol–water partition coefficient (Wildman–Crippen LogP) is 3.49. The molecule has 0 aromatic carbocycles. The van der Waals surface area contributed by atoms with Crippen LogP contribution in [-0.2, 0) is 19.0 Å². The number of ether oxygens (including phenoxy) is 3. The fourth-order valence-electron chi connectivity index (χ4n) is 2.53. The van der Waals surface area contributed by atoms with Gasteiger partial charge in [-0.3, -0.25) is 9.97 Å². The second kappa shape index (κ2) is 7.90. The summed E-state index contributed by atoms with van der Waals surface area (Å²) in [5, 5.41) is 0. The molecule has 2 aromatic heterocycles. The van der Waals surface area contributed by atoms with Gasteiger partial charge in [-0.15, -0.1) is 0 Å². The number of pyridine rings is 2. The van der Waals surface area contributed by atoms with Gasteiger partial charge in [0.05, 0.1) is 18.3 Å². The zero-order chi connectivity index (χ0) is 17.6. The number of nitrogens with zero attached hydrogens (tertiary/aromatic N) is 2. The molecule has 3 rings (SSSR count). The Labute approximate surface area is 146 Å². The number of carbonyl (C=O) groups is 1. The molecule has 0 N–H and O–H groups in total. The Hall–Kier alpha value is -2.73. The third-order valence-corrected chi connectivity index (χ3v) is 3.62. The lowest BCUT2D eigenvalue weighted by Crippen LogP contribution is -2.21. The molecule has 6 heteroatoms. The average Bonchev–Trinajstić information content (AvgIpc) is 2.62. The van der Waals surface area contributed by atoms with Crippen LogP contribution in [-0.4, -0.2) is 22.0 Å². The van der Waals surface area contributed by atoms with Gasteiger partial charge in [-0.25, -0.2) is 4.79 Å². The van der Waals surface area contributed by atoms with Gasteiger partial charge < -0.3 is 14.2 Å². The Morgan fingerprint density at radius 1 is 1.12 bits per heavy atom. The van der Waals surface area contributed by atoms with Crippen molar-refractivity contribution in [3.8, 4) is 0 Å². The molecule has 2 aromatic rings. The van der Waals surface area contributed by atoms with Crippen molar-refractivity contribution in [3.63, 3.8) is 0 Å². The Kier molecular flexibility index (Phi) is 5.40. The third kappa shape index (κ3) is 4.64. The van der Waals surface area contributed by atoms with Crippen LogP contribution in [0.15, 0.2) is 60.9 Å². The van der Waals surface area contributed by atoms with Crippen molar-refractivity contribution in [2.24, 2.45) is 0 Å². The van der Waals surface area contributed by atoms with E-state index in [0.29, 0.717) is 12.2 Å². The first-order valence-electron chi connectivity index (χ1n) is 8.15. The van der Waals surface area contributed by atoms with Gasteiger partial charge in [0, 0.05) is 36.8 Å². The average molecular weight is 340 g/mol. The van der Waals surface area contributed by atoms with Gasteiger partial charge in [0.1, 0.15) is 5.76 Å². The maximum Gasteiger partial charge on any atom is 0.334 e. The summed E-state index contributed by atoms with van der Waals surface area (Å²) in [4.78, 5) is 20.0. The molecule has 0 saturated carbocycles. The summed E-state index contributed by atoms with van der Waals surface area (Å²) in [6, 6.07) is 7.43. The quantitative estimate of drug-likeness (QED) is 0.627. The van der Waals surface area contributed by atoms with Gasteiger partial charge in [-0.05, 0) is 43.7 Å². The summed E-state index contributed by atoms with van der Waals surface area (Å²) in [6.07, 6.45) is 7.57. The molecule has 0 aliphatic carbocycles. The summed E-state index contributed by atoms with van der Waals surface area (Å²) in [6.45, 7) is 3.61. The zero-order valence-corrected chi connectivity index (χ0v) is 14.2. The van der Waals surface area contributed by atoms with Gasteiger partial charge in [0.15, 0.2) is 0 Å². The summed E-state index contributed by atoms with van der Waals surface area (Å²) in [5.41, 5.74) is 1.80. The predicted molar refractivity (Wildman–Crippen MR) is 90.1 cm³/mol. The topological polar surface area (TPSA) is 70.5 Å². The Morgan fingerprint density at radius 3 is 2.32 bits per heavy atom. The van der Waals surface area contributed by atoms with E-state index >= 15 is 0 Å². The van der Waals surface area contributed by atoms with Crippen molar-refractivity contribution in [1.29, 1.82) is 0 Å². The smallest absolute Gasteiger partial charge is 0.334 e. The highest BCUT2D eigenvalue weighted by Gasteiger charge is 2.29. The van der Waals surface area contributed by atoms with Gasteiger partial charge in [-0.2, -0.15) is 0 Å². The first-order chi connectivity index (χ1) is 12.1. The van der Waals surface area contributed by atoms with Crippen LogP contribution in [0.5, 0.6) is 0 Å². The van der Waals surface area contributed by atoms with Crippen LogP contribution in [0.3, 0.4) is 0 Å². The normalized spacial score (nSPS) is 21.8. The minimum Gasteiger partial charge on any atom is -0.465 e. The van der Waals surface area contributed by atoms with Gasteiger partial charge in [0.25, 0.3) is 0 Å². The van der Waals surface area contributed by atoms with E-state index in [1.807, 2.05) is 24.3 Å². The molecule has 25 heavy (non-hydrogen) atoms. The van der Waals surface area contributed by atoms with E-state index in [9.17, 15) is 4.79 Å². The van der Waals surface area contributed by atoms with E-state index in [0.717, 1.165) is 11.1 Å². The molecule has 130 valence electrons. The molecule has 0 spiro atoms. The summed E-state index contributed by atoms with van der Waals surface area (Å²) >= 11 is 0. The lowest BCUT2D eigenvalue weighted by atomic mass is 10.0. The molecule has 0 bridgehead atoms. The first kappa shape index (κ1) is 17.1. The van der Waals surface area contributed by atoms with Gasteiger partial charge >= 0.3 is 5.97 Å². The highest BCUT2D eigenvalue weighted by Crippen LogP contribution is 2.39. The minimum absolute atomic E-state index is 0.184. The zero-order valence-electron chi connectivity index (χ0n) is 14.2. The second-order valence-electron chi connectivity index (χ2n) is 5.94. The molecule has 1 saturated heterocycles. The molecular formula is C19H20N2O4. The number of hydrogen-bond acceptors (Lipinski definition) is 6. The van der Waals surface area contributed by atoms with Crippen molar-refractivity contribution in [2.75, 3.05) is 0 Å². The van der Waals surface area contributed by atoms with Crippen molar-refractivity contribution >= 4 is 5.97 Å². The first-order valence-corrected chi connectivity index (χ1v) is 8.15. The van der Waals surface area contributed by atoms with Crippen LogP contribution in [0.4, 0.5) is 0 Å². The fraction of sp³-hybridized carbons (Fsp3) is 0.316. The maximum atomic E-state index is 12.0. The number of hydrogen-bond donors (Lipinski definition) is 0. The van der Waals surface area contributed by atoms with Crippen molar-refractivity contribution in [1.82, 2.24) is 9.97 Å². The van der Waals surface area contributed by atoms with Crippen LogP contribution >= 0.6 is 0 Å². The molecule has 3 heterocycles. The van der Waals surface area contributed by atoms with Crippen molar-refractivity contribution < 1.29 is 19.0 Å². The van der Waals surface area contributed by atoms with E-state index in [1.54, 1.807) is 38.6 Å². The van der Waals surface area contributed by atoms with E-state index in [1.165, 1.54) is 6.08 Å². The molecule has 2 atom stereocenters. The molecule has 0 amide bonds. The highest BCUT2D eigenvalue weighted by atomic mass is 16.7. The van der Waals surface area contributed by atoms with Crippen LogP contribution in [0.25, 0.3) is 0 Å². The Morgan fingerprint density at radius 2 is 1.72 bits per heavy atom. The van der Waals surface area contributed by atoms with Crippen LogP contribution in [0.2, 0.25) is 0 Å². The lowest BCUT2D eigenvalue weighted by molar-refractivity contribution is -0.191. The number of rotatable bonds is 4. The van der Waals surface area contributed by atoms with Crippen LogP contribution in [0.1, 0.15) is 43.8 Å². The monoisotopic (exact) mass is 340 g/mol. The van der Waals surface area contributed by atoms with E-state index in [2.05, 4.69) is 9.97 Å². The largest absolute Gasteiger partial charge is 0.465 e. The summed E-state index contributed by atoms with van der Waals surface area (Å²) < 4.78 is 17.1. The highest BCUT2D eigenvalue weighted by molar-refractivity contribution is 5.82. The molecule has 6 nitrogen and oxygen atoms in total. The van der Waals surface area contributed by atoms with E-state index in [-0.39, 0.29) is 12.2 Å².